The zero-order valence-corrected chi connectivity index (χ0v) is 34.2. The van der Waals surface area contributed by atoms with Gasteiger partial charge in [0.2, 0.25) is 11.8 Å². The first-order valence-corrected chi connectivity index (χ1v) is 22.2. The number of amides is 3. The normalized spacial score (nSPS) is 26.1. The maximum absolute atomic E-state index is 13.4. The van der Waals surface area contributed by atoms with Gasteiger partial charge in [-0.2, -0.15) is 0 Å². The Morgan fingerprint density at radius 1 is 0.733 bits per heavy atom. The lowest BCUT2D eigenvalue weighted by atomic mass is 9.69. The van der Waals surface area contributed by atoms with Gasteiger partial charge in [0, 0.05) is 88.5 Å². The summed E-state index contributed by atoms with van der Waals surface area (Å²) in [6.45, 7) is 9.50. The van der Waals surface area contributed by atoms with Crippen molar-refractivity contribution in [3.05, 3.63) is 118 Å². The second kappa shape index (κ2) is 15.3. The van der Waals surface area contributed by atoms with Crippen LogP contribution in [0, 0.1) is 5.92 Å². The molecular formula is C49H54N6O5. The van der Waals surface area contributed by atoms with E-state index < -0.39 is 6.04 Å². The van der Waals surface area contributed by atoms with E-state index >= 15 is 0 Å². The van der Waals surface area contributed by atoms with E-state index in [1.54, 1.807) is 4.90 Å². The van der Waals surface area contributed by atoms with Gasteiger partial charge in [0.1, 0.15) is 24.1 Å². The van der Waals surface area contributed by atoms with E-state index in [-0.39, 0.29) is 36.1 Å². The molecule has 6 heterocycles. The largest absolute Gasteiger partial charge is 0.508 e. The monoisotopic (exact) mass is 806 g/mol. The molecule has 11 heteroatoms. The van der Waals surface area contributed by atoms with Crippen LogP contribution in [-0.2, 0) is 22.6 Å². The molecule has 4 aromatic carbocycles. The molecule has 6 aliphatic heterocycles. The summed E-state index contributed by atoms with van der Waals surface area (Å²) in [6, 6.07) is 30.5. The maximum Gasteiger partial charge on any atom is 0.255 e. The molecule has 0 spiro atoms. The molecule has 60 heavy (non-hydrogen) atoms. The molecule has 310 valence electrons. The molecule has 4 saturated heterocycles. The van der Waals surface area contributed by atoms with Crippen LogP contribution in [0.4, 0.5) is 11.4 Å². The summed E-state index contributed by atoms with van der Waals surface area (Å²) in [7, 11) is 0. The summed E-state index contributed by atoms with van der Waals surface area (Å²) in [4.78, 5) is 49.7. The molecule has 4 aromatic rings. The van der Waals surface area contributed by atoms with Gasteiger partial charge in [-0.3, -0.25) is 29.5 Å². The second-order valence-electron chi connectivity index (χ2n) is 18.3. The number of piperazine rings is 1. The molecular weight excluding hydrogens is 753 g/mol. The highest BCUT2D eigenvalue weighted by molar-refractivity contribution is 6.06. The van der Waals surface area contributed by atoms with Crippen molar-refractivity contribution in [1.29, 1.82) is 0 Å². The van der Waals surface area contributed by atoms with Gasteiger partial charge in [-0.05, 0) is 108 Å². The topological polar surface area (TPSA) is 109 Å². The van der Waals surface area contributed by atoms with E-state index in [9.17, 15) is 19.5 Å². The number of nitrogens with one attached hydrogen (secondary N) is 1. The lowest BCUT2D eigenvalue weighted by molar-refractivity contribution is -0.136. The van der Waals surface area contributed by atoms with Crippen LogP contribution in [0.15, 0.2) is 84.9 Å². The average molecular weight is 807 g/mol. The Kier molecular flexibility index (Phi) is 9.56. The molecule has 1 aliphatic carbocycles. The fourth-order valence-electron chi connectivity index (χ4n) is 11.6. The Balaban J connectivity index is 0.666. The van der Waals surface area contributed by atoms with Gasteiger partial charge in [-0.25, -0.2) is 0 Å². The lowest BCUT2D eigenvalue weighted by Gasteiger charge is -2.52. The predicted molar refractivity (Wildman–Crippen MR) is 230 cm³/mol. The van der Waals surface area contributed by atoms with Crippen molar-refractivity contribution in [2.24, 2.45) is 5.92 Å². The van der Waals surface area contributed by atoms with E-state index in [0.717, 1.165) is 81.6 Å². The Labute approximate surface area is 351 Å². The van der Waals surface area contributed by atoms with Gasteiger partial charge in [0.25, 0.3) is 5.91 Å². The number of benzene rings is 4. The number of rotatable bonds is 7. The summed E-state index contributed by atoms with van der Waals surface area (Å²) >= 11 is 0. The quantitative estimate of drug-likeness (QED) is 0.234. The third-order valence-electron chi connectivity index (χ3n) is 14.9. The number of hydrogen-bond donors (Lipinski definition) is 2. The van der Waals surface area contributed by atoms with Crippen LogP contribution in [0.2, 0.25) is 0 Å². The summed E-state index contributed by atoms with van der Waals surface area (Å²) in [6.07, 6.45) is 5.10. The smallest absolute Gasteiger partial charge is 0.255 e. The highest BCUT2D eigenvalue weighted by Crippen LogP contribution is 2.47. The molecule has 2 N–H and O–H groups in total. The number of hydrogen-bond acceptors (Lipinski definition) is 9. The predicted octanol–water partition coefficient (Wildman–Crippen LogP) is 5.50. The van der Waals surface area contributed by atoms with E-state index in [0.29, 0.717) is 42.8 Å². The first-order valence-electron chi connectivity index (χ1n) is 22.2. The number of piperidine rings is 2. The summed E-state index contributed by atoms with van der Waals surface area (Å²) in [5, 5.41) is 12.6. The number of fused-ring (bicyclic) bond motifs is 5. The number of imide groups is 1. The van der Waals surface area contributed by atoms with Crippen LogP contribution >= 0.6 is 0 Å². The van der Waals surface area contributed by atoms with Crippen molar-refractivity contribution in [2.75, 3.05) is 68.8 Å². The third-order valence-corrected chi connectivity index (χ3v) is 14.9. The standard InChI is InChI=1S/C49H54N6O5/c56-39-11-13-41-34(22-39)8-12-40(32-4-2-1-3-5-32)47(41)33-6-9-36(10-7-33)52-18-16-31(17-19-52)25-51-27-37(28-51)53-20-21-54-38(29-53)30-60-45-24-42-35(23-44(45)54)26-55(49(42)59)43-14-15-46(57)50-48(43)58/h1-7,9-11,13,22-24,31,37-38,40,43,47,56H,8,12,14-21,25-30H2,(H,50,57,58)/t38-,40+,43?,47-/m0/s1. The van der Waals surface area contributed by atoms with Crippen LogP contribution in [0.3, 0.4) is 0 Å². The van der Waals surface area contributed by atoms with Gasteiger partial charge >= 0.3 is 0 Å². The first kappa shape index (κ1) is 37.6. The van der Waals surface area contributed by atoms with Crippen LogP contribution in [0.5, 0.6) is 11.5 Å². The zero-order chi connectivity index (χ0) is 40.5. The number of likely N-dealkylation sites (tertiary alicyclic amines) is 1. The summed E-state index contributed by atoms with van der Waals surface area (Å²) in [5.41, 5.74) is 9.25. The molecule has 11 nitrogen and oxygen atoms in total. The fraction of sp³-hybridized carbons (Fsp3) is 0.449. The van der Waals surface area contributed by atoms with Crippen molar-refractivity contribution in [1.82, 2.24) is 20.0 Å². The number of phenols is 1. The third kappa shape index (κ3) is 6.79. The average Bonchev–Trinajstić information content (AvgIpc) is 3.58. The minimum Gasteiger partial charge on any atom is -0.508 e. The van der Waals surface area contributed by atoms with Gasteiger partial charge in [-0.1, -0.05) is 48.5 Å². The van der Waals surface area contributed by atoms with Crippen molar-refractivity contribution in [3.8, 4) is 11.5 Å². The number of aromatic hydroxyl groups is 1. The number of carbonyl (C=O) groups is 3. The number of aryl methyl sites for hydroxylation is 1. The van der Waals surface area contributed by atoms with Crippen LogP contribution in [0.25, 0.3) is 0 Å². The number of anilines is 2. The van der Waals surface area contributed by atoms with E-state index in [1.165, 1.54) is 47.3 Å². The van der Waals surface area contributed by atoms with Crippen LogP contribution in [0.1, 0.15) is 82.1 Å². The summed E-state index contributed by atoms with van der Waals surface area (Å²) in [5.74, 6) is 1.69. The number of nitrogens with zero attached hydrogens (tertiary/aromatic N) is 5. The molecule has 1 unspecified atom stereocenters. The molecule has 0 bridgehead atoms. The molecule has 4 fully saturated rings. The van der Waals surface area contributed by atoms with Gasteiger partial charge in [-0.15, -0.1) is 0 Å². The number of phenolic OH excluding ortho intramolecular Hbond substituents is 1. The van der Waals surface area contributed by atoms with Crippen molar-refractivity contribution in [2.45, 2.75) is 75.0 Å². The van der Waals surface area contributed by atoms with Crippen molar-refractivity contribution < 1.29 is 24.2 Å². The first-order chi connectivity index (χ1) is 29.3. The Hall–Kier alpha value is -5.39. The van der Waals surface area contributed by atoms with E-state index in [1.807, 2.05) is 18.2 Å². The Morgan fingerprint density at radius 3 is 2.35 bits per heavy atom. The fourth-order valence-corrected chi connectivity index (χ4v) is 11.6. The van der Waals surface area contributed by atoms with Crippen molar-refractivity contribution in [3.63, 3.8) is 0 Å². The van der Waals surface area contributed by atoms with Crippen LogP contribution < -0.4 is 19.9 Å². The number of carbonyl (C=O) groups excluding carboxylic acids is 3. The van der Waals surface area contributed by atoms with Crippen LogP contribution in [-0.4, -0.2) is 115 Å². The van der Waals surface area contributed by atoms with Gasteiger partial charge in [0.15, 0.2) is 0 Å². The van der Waals surface area contributed by atoms with E-state index in [4.69, 9.17) is 4.74 Å². The second-order valence-corrected chi connectivity index (χ2v) is 18.3. The zero-order valence-electron chi connectivity index (χ0n) is 34.2. The highest BCUT2D eigenvalue weighted by atomic mass is 16.5. The molecule has 0 saturated carbocycles. The van der Waals surface area contributed by atoms with Gasteiger partial charge in [0.05, 0.1) is 11.7 Å². The molecule has 4 atom stereocenters. The summed E-state index contributed by atoms with van der Waals surface area (Å²) < 4.78 is 6.31. The SMILES string of the molecule is O=C1CCC(N2Cc3cc4c(cc3C2=O)OC[C@@H]2CN(C3CN(CC5CCN(c6ccc([C@@H]7c8ccc(O)cc8CC[C@@H]7c7ccccc7)cc6)CC5)C3)CCN42)C(=O)N1. The van der Waals surface area contributed by atoms with Gasteiger partial charge < -0.3 is 24.5 Å². The lowest BCUT2D eigenvalue weighted by Crippen LogP contribution is -2.66. The molecule has 0 radical (unpaired) electrons. The molecule has 11 rings (SSSR count). The maximum atomic E-state index is 13.4. The molecule has 3 amide bonds. The van der Waals surface area contributed by atoms with E-state index in [2.05, 4.69) is 91.6 Å². The minimum absolute atomic E-state index is 0.161. The highest BCUT2D eigenvalue weighted by Gasteiger charge is 2.43. The Morgan fingerprint density at radius 2 is 1.55 bits per heavy atom. The minimum atomic E-state index is -0.617. The number of ether oxygens (including phenoxy) is 1. The molecule has 0 aromatic heterocycles. The molecule has 7 aliphatic rings. The Bertz CT molecular complexity index is 2300. The van der Waals surface area contributed by atoms with Crippen molar-refractivity contribution >= 4 is 29.1 Å².